The van der Waals surface area contributed by atoms with E-state index in [0.29, 0.717) is 23.9 Å². The standard InChI is InChI=1S/C23H24N4O3S/c1-13-15(6-8-19(24-13)29-4)14-5-7-18-17(11-14)27(9-10-30-18)22-25-16-12-23(2,3)26-21(28)20(16)31-22/h5-8,11H,9-10,12H2,1-4H3,(H,26,28). The number of ether oxygens (including phenoxy) is 2. The van der Waals surface area contributed by atoms with Gasteiger partial charge in [0.2, 0.25) is 5.88 Å². The van der Waals surface area contributed by atoms with Gasteiger partial charge in [-0.05, 0) is 44.5 Å². The van der Waals surface area contributed by atoms with Gasteiger partial charge in [-0.25, -0.2) is 9.97 Å². The zero-order chi connectivity index (χ0) is 21.8. The van der Waals surface area contributed by atoms with Crippen molar-refractivity contribution in [3.05, 3.63) is 46.6 Å². The molecule has 1 aromatic carbocycles. The third kappa shape index (κ3) is 3.50. The van der Waals surface area contributed by atoms with Crippen LogP contribution >= 0.6 is 11.3 Å². The number of benzene rings is 1. The molecule has 0 saturated heterocycles. The molecule has 4 heterocycles. The number of rotatable bonds is 3. The molecular formula is C23H24N4O3S. The SMILES string of the molecule is COc1ccc(-c2ccc3c(c2)N(c2nc4c(s2)C(=O)NC(C)(C)C4)CCO3)c(C)n1. The maximum atomic E-state index is 12.6. The number of carbonyl (C=O) groups is 1. The number of thiazole rings is 1. The van der Waals surface area contributed by atoms with E-state index < -0.39 is 0 Å². The van der Waals surface area contributed by atoms with Crippen molar-refractivity contribution in [1.82, 2.24) is 15.3 Å². The Balaban J connectivity index is 1.55. The molecule has 2 aliphatic heterocycles. The molecule has 31 heavy (non-hydrogen) atoms. The third-order valence-corrected chi connectivity index (χ3v) is 6.71. The highest BCUT2D eigenvalue weighted by molar-refractivity contribution is 7.17. The van der Waals surface area contributed by atoms with Crippen molar-refractivity contribution in [2.75, 3.05) is 25.2 Å². The van der Waals surface area contributed by atoms with Gasteiger partial charge in [-0.3, -0.25) is 4.79 Å². The summed E-state index contributed by atoms with van der Waals surface area (Å²) in [6.45, 7) is 7.26. The summed E-state index contributed by atoms with van der Waals surface area (Å²) in [7, 11) is 1.62. The molecule has 0 bridgehead atoms. The Bertz CT molecular complexity index is 1190. The van der Waals surface area contributed by atoms with Crippen molar-refractivity contribution in [3.63, 3.8) is 0 Å². The highest BCUT2D eigenvalue weighted by Crippen LogP contribution is 2.42. The Labute approximate surface area is 185 Å². The molecular weight excluding hydrogens is 412 g/mol. The first-order valence-electron chi connectivity index (χ1n) is 10.2. The van der Waals surface area contributed by atoms with Crippen LogP contribution in [0.1, 0.15) is 34.9 Å². The molecule has 0 unspecified atom stereocenters. The molecule has 7 nitrogen and oxygen atoms in total. The van der Waals surface area contributed by atoms with Crippen LogP contribution in [-0.4, -0.2) is 41.7 Å². The van der Waals surface area contributed by atoms with Crippen LogP contribution in [0.3, 0.4) is 0 Å². The van der Waals surface area contributed by atoms with Crippen LogP contribution in [0.15, 0.2) is 30.3 Å². The van der Waals surface area contributed by atoms with Gasteiger partial charge in [0.05, 0.1) is 25.0 Å². The van der Waals surface area contributed by atoms with Gasteiger partial charge in [0.15, 0.2) is 5.13 Å². The van der Waals surface area contributed by atoms with E-state index in [1.54, 1.807) is 7.11 Å². The summed E-state index contributed by atoms with van der Waals surface area (Å²) in [4.78, 5) is 24.8. The fourth-order valence-electron chi connectivity index (χ4n) is 4.12. The molecule has 0 radical (unpaired) electrons. The number of pyridine rings is 1. The Morgan fingerprint density at radius 1 is 1.23 bits per heavy atom. The molecule has 0 spiro atoms. The summed E-state index contributed by atoms with van der Waals surface area (Å²) in [5.74, 6) is 1.36. The van der Waals surface area contributed by atoms with E-state index in [9.17, 15) is 4.79 Å². The lowest BCUT2D eigenvalue weighted by molar-refractivity contribution is 0.0901. The number of nitrogens with one attached hydrogen (secondary N) is 1. The van der Waals surface area contributed by atoms with E-state index in [4.69, 9.17) is 14.5 Å². The van der Waals surface area contributed by atoms with E-state index in [1.807, 2.05) is 45.0 Å². The van der Waals surface area contributed by atoms with Gasteiger partial charge in [-0.15, -0.1) is 0 Å². The van der Waals surface area contributed by atoms with Crippen molar-refractivity contribution >= 4 is 28.1 Å². The highest BCUT2D eigenvalue weighted by Gasteiger charge is 2.34. The molecule has 3 aromatic rings. The van der Waals surface area contributed by atoms with E-state index in [1.165, 1.54) is 11.3 Å². The van der Waals surface area contributed by atoms with Gasteiger partial charge >= 0.3 is 0 Å². The lowest BCUT2D eigenvalue weighted by Gasteiger charge is -2.30. The van der Waals surface area contributed by atoms with Gasteiger partial charge in [0.25, 0.3) is 5.91 Å². The van der Waals surface area contributed by atoms with Crippen molar-refractivity contribution in [3.8, 4) is 22.8 Å². The number of methoxy groups -OCH3 is 1. The zero-order valence-electron chi connectivity index (χ0n) is 18.0. The lowest BCUT2D eigenvalue weighted by atomic mass is 9.94. The van der Waals surface area contributed by atoms with Crippen molar-refractivity contribution in [1.29, 1.82) is 0 Å². The Hall–Kier alpha value is -3.13. The topological polar surface area (TPSA) is 76.6 Å². The van der Waals surface area contributed by atoms with E-state index in [2.05, 4.69) is 21.3 Å². The number of hydrogen-bond acceptors (Lipinski definition) is 7. The van der Waals surface area contributed by atoms with Crippen LogP contribution < -0.4 is 19.7 Å². The molecule has 0 aliphatic carbocycles. The quantitative estimate of drug-likeness (QED) is 0.666. The maximum absolute atomic E-state index is 12.6. The van der Waals surface area contributed by atoms with Crippen LogP contribution in [0, 0.1) is 6.92 Å². The van der Waals surface area contributed by atoms with Crippen LogP contribution in [0.25, 0.3) is 11.1 Å². The summed E-state index contributed by atoms with van der Waals surface area (Å²) in [5, 5.41) is 3.89. The van der Waals surface area contributed by atoms with Gasteiger partial charge in [-0.2, -0.15) is 0 Å². The van der Waals surface area contributed by atoms with E-state index >= 15 is 0 Å². The second kappa shape index (κ2) is 7.23. The molecule has 0 atom stereocenters. The van der Waals surface area contributed by atoms with Crippen LogP contribution in [0.4, 0.5) is 10.8 Å². The average Bonchev–Trinajstić information content (AvgIpc) is 3.15. The monoisotopic (exact) mass is 436 g/mol. The smallest absolute Gasteiger partial charge is 0.263 e. The number of fused-ring (bicyclic) bond motifs is 2. The molecule has 1 amide bonds. The van der Waals surface area contributed by atoms with Crippen molar-refractivity contribution in [2.45, 2.75) is 32.7 Å². The first kappa shape index (κ1) is 19.8. The summed E-state index contributed by atoms with van der Waals surface area (Å²) >= 11 is 1.44. The van der Waals surface area contributed by atoms with Crippen molar-refractivity contribution < 1.29 is 14.3 Å². The fourth-order valence-corrected chi connectivity index (χ4v) is 5.14. The largest absolute Gasteiger partial charge is 0.490 e. The molecule has 160 valence electrons. The van der Waals surface area contributed by atoms with Crippen LogP contribution in [0.5, 0.6) is 11.6 Å². The summed E-state index contributed by atoms with van der Waals surface area (Å²) < 4.78 is 11.1. The highest BCUT2D eigenvalue weighted by atomic mass is 32.1. The zero-order valence-corrected chi connectivity index (χ0v) is 18.8. The van der Waals surface area contributed by atoms with Gasteiger partial charge in [0.1, 0.15) is 17.2 Å². The predicted molar refractivity (Wildman–Crippen MR) is 121 cm³/mol. The number of hydrogen-bond donors (Lipinski definition) is 1. The normalized spacial score (nSPS) is 16.8. The Morgan fingerprint density at radius 2 is 2.06 bits per heavy atom. The minimum Gasteiger partial charge on any atom is -0.490 e. The van der Waals surface area contributed by atoms with E-state index in [0.717, 1.165) is 45.5 Å². The third-order valence-electron chi connectivity index (χ3n) is 5.59. The summed E-state index contributed by atoms with van der Waals surface area (Å²) in [5.41, 5.74) is 4.50. The summed E-state index contributed by atoms with van der Waals surface area (Å²) in [6, 6.07) is 10.0. The molecule has 5 rings (SSSR count). The van der Waals surface area contributed by atoms with Crippen LogP contribution in [0.2, 0.25) is 0 Å². The number of carbonyl (C=O) groups excluding carboxylic acids is 1. The number of anilines is 2. The first-order chi connectivity index (χ1) is 14.8. The van der Waals surface area contributed by atoms with Gasteiger partial charge in [0, 0.05) is 29.3 Å². The maximum Gasteiger partial charge on any atom is 0.263 e. The summed E-state index contributed by atoms with van der Waals surface area (Å²) in [6.07, 6.45) is 0.721. The molecule has 2 aromatic heterocycles. The number of amides is 1. The van der Waals surface area contributed by atoms with Gasteiger partial charge in [-0.1, -0.05) is 17.4 Å². The number of aromatic nitrogens is 2. The predicted octanol–water partition coefficient (Wildman–Crippen LogP) is 4.12. The first-order valence-corrected chi connectivity index (χ1v) is 11.0. The number of nitrogens with zero attached hydrogens (tertiary/aromatic N) is 3. The van der Waals surface area contributed by atoms with Crippen LogP contribution in [-0.2, 0) is 6.42 Å². The second-order valence-corrected chi connectivity index (χ2v) is 9.43. The molecule has 0 saturated carbocycles. The lowest BCUT2D eigenvalue weighted by Crippen LogP contribution is -2.48. The fraction of sp³-hybridized carbons (Fsp3) is 0.348. The Kier molecular flexibility index (Phi) is 4.62. The number of aryl methyl sites for hydroxylation is 1. The molecule has 2 aliphatic rings. The minimum absolute atomic E-state index is 0.0443. The Morgan fingerprint density at radius 3 is 2.84 bits per heavy atom. The molecule has 0 fully saturated rings. The van der Waals surface area contributed by atoms with Crippen molar-refractivity contribution in [2.24, 2.45) is 0 Å². The molecule has 8 heteroatoms. The van der Waals surface area contributed by atoms with Gasteiger partial charge < -0.3 is 19.7 Å². The van der Waals surface area contributed by atoms with E-state index in [-0.39, 0.29) is 11.4 Å². The molecule has 1 N–H and O–H groups in total. The second-order valence-electron chi connectivity index (χ2n) is 8.46. The minimum atomic E-state index is -0.287. The average molecular weight is 437 g/mol.